The lowest BCUT2D eigenvalue weighted by Gasteiger charge is -2.12. The van der Waals surface area contributed by atoms with Crippen LogP contribution in [0.2, 0.25) is 0 Å². The van der Waals surface area contributed by atoms with Gasteiger partial charge in [0.15, 0.2) is 18.1 Å². The highest BCUT2D eigenvalue weighted by Crippen LogP contribution is 2.32. The Bertz CT molecular complexity index is 1260. The first-order valence-corrected chi connectivity index (χ1v) is 10.8. The third-order valence-corrected chi connectivity index (χ3v) is 5.25. The van der Waals surface area contributed by atoms with Gasteiger partial charge in [-0.25, -0.2) is 9.59 Å². The topological polar surface area (TPSA) is 94.9 Å². The number of esters is 2. The van der Waals surface area contributed by atoms with Crippen LogP contribution < -0.4 is 14.2 Å². The number of methoxy groups -OCH3 is 2. The molecule has 3 aromatic carbocycles. The Morgan fingerprint density at radius 3 is 2.32 bits per heavy atom. The summed E-state index contributed by atoms with van der Waals surface area (Å²) in [4.78, 5) is 23.9. The Morgan fingerprint density at radius 2 is 1.68 bits per heavy atom. The van der Waals surface area contributed by atoms with Gasteiger partial charge in [-0.2, -0.15) is 5.26 Å². The van der Waals surface area contributed by atoms with E-state index in [0.29, 0.717) is 15.8 Å². The van der Waals surface area contributed by atoms with Crippen molar-refractivity contribution in [2.75, 3.05) is 20.8 Å². The summed E-state index contributed by atoms with van der Waals surface area (Å²) in [5, 5.41) is 9.10. The van der Waals surface area contributed by atoms with Crippen LogP contribution in [0.3, 0.4) is 0 Å². The van der Waals surface area contributed by atoms with E-state index >= 15 is 0 Å². The van der Waals surface area contributed by atoms with Gasteiger partial charge in [0.1, 0.15) is 17.4 Å². The highest BCUT2D eigenvalue weighted by molar-refractivity contribution is 9.10. The van der Waals surface area contributed by atoms with Crippen molar-refractivity contribution in [3.05, 3.63) is 82.3 Å². The van der Waals surface area contributed by atoms with Crippen LogP contribution in [0.4, 0.5) is 0 Å². The lowest BCUT2D eigenvalue weighted by atomic mass is 10.1. The smallest absolute Gasteiger partial charge is 0.349 e. The van der Waals surface area contributed by atoms with Crippen molar-refractivity contribution in [1.29, 1.82) is 5.26 Å². The monoisotopic (exact) mass is 521 g/mol. The van der Waals surface area contributed by atoms with Crippen molar-refractivity contribution in [2.24, 2.45) is 0 Å². The molecule has 0 atom stereocenters. The second-order valence-corrected chi connectivity index (χ2v) is 7.70. The first-order valence-electron chi connectivity index (χ1n) is 10.0. The summed E-state index contributed by atoms with van der Waals surface area (Å²) >= 11 is 3.47. The van der Waals surface area contributed by atoms with E-state index in [2.05, 4.69) is 20.7 Å². The Morgan fingerprint density at radius 1 is 0.941 bits per heavy atom. The fourth-order valence-corrected chi connectivity index (χ4v) is 3.48. The molecular weight excluding hydrogens is 502 g/mol. The van der Waals surface area contributed by atoms with Gasteiger partial charge in [-0.1, -0.05) is 42.5 Å². The third-order valence-electron chi connectivity index (χ3n) is 4.63. The van der Waals surface area contributed by atoms with Crippen molar-refractivity contribution in [3.63, 3.8) is 0 Å². The van der Waals surface area contributed by atoms with Gasteiger partial charge in [0, 0.05) is 0 Å². The first kappa shape index (κ1) is 24.6. The number of carbonyl (C=O) groups is 2. The molecule has 0 N–H and O–H groups in total. The minimum Gasteiger partial charge on any atom is -0.493 e. The summed E-state index contributed by atoms with van der Waals surface area (Å²) < 4.78 is 21.5. The minimum atomic E-state index is -0.753. The number of carbonyl (C=O) groups excluding carboxylic acids is 2. The second-order valence-electron chi connectivity index (χ2n) is 6.85. The number of hydrogen-bond donors (Lipinski definition) is 0. The summed E-state index contributed by atoms with van der Waals surface area (Å²) in [6, 6.07) is 21.8. The summed E-state index contributed by atoms with van der Waals surface area (Å²) in [7, 11) is 2.60. The molecule has 0 unspecified atom stereocenters. The average molecular weight is 522 g/mol. The van der Waals surface area contributed by atoms with Crippen molar-refractivity contribution < 1.29 is 28.5 Å². The van der Waals surface area contributed by atoms with Crippen LogP contribution in [-0.4, -0.2) is 32.8 Å². The Hall–Kier alpha value is -4.09. The molecule has 0 aliphatic rings. The number of halogens is 1. The van der Waals surface area contributed by atoms with Crippen LogP contribution in [-0.2, 0) is 14.3 Å². The van der Waals surface area contributed by atoms with E-state index in [1.165, 1.54) is 32.4 Å². The number of nitriles is 1. The predicted molar refractivity (Wildman–Crippen MR) is 129 cm³/mol. The molecule has 7 nitrogen and oxygen atoms in total. The standard InChI is InChI=1S/C26H20BrNO6/c1-31-24-13-17(12-20(15-28)26(30)32-2)8-10-23(24)34-25(29)16-33-22-11-9-19(14-21(22)27)18-6-4-3-5-7-18/h3-14H,16H2,1-2H3/b20-12+. The highest BCUT2D eigenvalue weighted by atomic mass is 79.9. The summed E-state index contributed by atoms with van der Waals surface area (Å²) in [6.45, 7) is -0.324. The molecule has 0 heterocycles. The molecular formula is C26H20BrNO6. The van der Waals surface area contributed by atoms with Gasteiger partial charge in [-0.05, 0) is 63.0 Å². The van der Waals surface area contributed by atoms with Crippen LogP contribution >= 0.6 is 15.9 Å². The van der Waals surface area contributed by atoms with Crippen molar-refractivity contribution in [3.8, 4) is 34.4 Å². The zero-order chi connectivity index (χ0) is 24.5. The van der Waals surface area contributed by atoms with Crippen LogP contribution in [0.1, 0.15) is 5.56 Å². The summed E-state index contributed by atoms with van der Waals surface area (Å²) in [5.74, 6) is -0.470. The lowest BCUT2D eigenvalue weighted by Crippen LogP contribution is -2.18. The molecule has 0 bridgehead atoms. The van der Waals surface area contributed by atoms with E-state index in [1.807, 2.05) is 42.5 Å². The van der Waals surface area contributed by atoms with E-state index in [-0.39, 0.29) is 23.7 Å². The molecule has 0 aliphatic carbocycles. The molecule has 0 fully saturated rings. The molecule has 0 amide bonds. The molecule has 3 rings (SSSR count). The molecule has 3 aromatic rings. The summed E-state index contributed by atoms with van der Waals surface area (Å²) in [5.41, 5.74) is 2.39. The molecule has 34 heavy (non-hydrogen) atoms. The molecule has 172 valence electrons. The number of rotatable bonds is 8. The third kappa shape index (κ3) is 6.24. The van der Waals surface area contributed by atoms with E-state index in [0.717, 1.165) is 11.1 Å². The number of nitrogens with zero attached hydrogens (tertiary/aromatic N) is 1. The van der Waals surface area contributed by atoms with Gasteiger partial charge in [0.2, 0.25) is 0 Å². The summed E-state index contributed by atoms with van der Waals surface area (Å²) in [6.07, 6.45) is 1.35. The SMILES string of the molecule is COC(=O)/C(C#N)=C/c1ccc(OC(=O)COc2ccc(-c3ccccc3)cc2Br)c(OC)c1. The van der Waals surface area contributed by atoms with Crippen LogP contribution in [0.25, 0.3) is 17.2 Å². The zero-order valence-electron chi connectivity index (χ0n) is 18.4. The fraction of sp³-hybridized carbons (Fsp3) is 0.115. The molecule has 8 heteroatoms. The lowest BCUT2D eigenvalue weighted by molar-refractivity contribution is -0.137. The number of benzene rings is 3. The van der Waals surface area contributed by atoms with E-state index in [9.17, 15) is 9.59 Å². The molecule has 0 radical (unpaired) electrons. The van der Waals surface area contributed by atoms with Gasteiger partial charge < -0.3 is 18.9 Å². The molecule has 0 spiro atoms. The van der Waals surface area contributed by atoms with E-state index < -0.39 is 11.9 Å². The van der Waals surface area contributed by atoms with Gasteiger partial charge in [-0.15, -0.1) is 0 Å². The van der Waals surface area contributed by atoms with E-state index in [1.54, 1.807) is 18.2 Å². The zero-order valence-corrected chi connectivity index (χ0v) is 20.0. The maximum atomic E-state index is 12.4. The number of ether oxygens (including phenoxy) is 4. The minimum absolute atomic E-state index is 0.170. The normalized spacial score (nSPS) is 10.7. The molecule has 0 saturated carbocycles. The van der Waals surface area contributed by atoms with Crippen molar-refractivity contribution >= 4 is 33.9 Å². The Labute approximate surface area is 205 Å². The van der Waals surface area contributed by atoms with Crippen LogP contribution in [0.15, 0.2) is 76.8 Å². The van der Waals surface area contributed by atoms with Crippen molar-refractivity contribution in [2.45, 2.75) is 0 Å². The van der Waals surface area contributed by atoms with Gasteiger partial charge in [0.05, 0.1) is 18.7 Å². The van der Waals surface area contributed by atoms with Gasteiger partial charge >= 0.3 is 11.9 Å². The predicted octanol–water partition coefficient (Wildman–Crippen LogP) is 5.19. The van der Waals surface area contributed by atoms with Crippen LogP contribution in [0, 0.1) is 11.3 Å². The number of hydrogen-bond acceptors (Lipinski definition) is 7. The first-order chi connectivity index (χ1) is 16.4. The van der Waals surface area contributed by atoms with E-state index in [4.69, 9.17) is 19.5 Å². The average Bonchev–Trinajstić information content (AvgIpc) is 2.87. The largest absolute Gasteiger partial charge is 0.493 e. The maximum Gasteiger partial charge on any atom is 0.349 e. The van der Waals surface area contributed by atoms with Crippen molar-refractivity contribution in [1.82, 2.24) is 0 Å². The molecule has 0 aliphatic heterocycles. The Kier molecular flexibility index (Phi) is 8.43. The van der Waals surface area contributed by atoms with Gasteiger partial charge in [0.25, 0.3) is 0 Å². The second kappa shape index (κ2) is 11.7. The molecule has 0 aromatic heterocycles. The maximum absolute atomic E-state index is 12.4. The van der Waals surface area contributed by atoms with Gasteiger partial charge in [-0.3, -0.25) is 0 Å². The quantitative estimate of drug-likeness (QED) is 0.174. The fourth-order valence-electron chi connectivity index (χ4n) is 2.99. The molecule has 0 saturated heterocycles. The Balaban J connectivity index is 1.66. The van der Waals surface area contributed by atoms with Crippen LogP contribution in [0.5, 0.6) is 17.2 Å². The highest BCUT2D eigenvalue weighted by Gasteiger charge is 2.14.